The zero-order chi connectivity index (χ0) is 37.3. The summed E-state index contributed by atoms with van der Waals surface area (Å²) < 4.78 is 2.19. The Morgan fingerprint density at radius 1 is 0.321 bits per heavy atom. The maximum absolute atomic E-state index is 5.37. The van der Waals surface area contributed by atoms with E-state index in [1.165, 1.54) is 20.7 Å². The second-order valence-electron chi connectivity index (χ2n) is 14.0. The predicted octanol–water partition coefficient (Wildman–Crippen LogP) is 9.35. The smallest absolute Gasteiger partial charge is 0.238 e. The van der Waals surface area contributed by atoms with Gasteiger partial charge in [-0.15, -0.1) is 0 Å². The predicted molar refractivity (Wildman–Crippen MR) is 234 cm³/mol. The van der Waals surface area contributed by atoms with Crippen LogP contribution in [0.1, 0.15) is 0 Å². The third kappa shape index (κ3) is 5.65. The molecule has 8 aromatic carbocycles. The van der Waals surface area contributed by atoms with Crippen LogP contribution in [0, 0.1) is 0 Å². The summed E-state index contributed by atoms with van der Waals surface area (Å²) in [4.78, 5) is 16.0. The lowest BCUT2D eigenvalue weighted by atomic mass is 9.99. The number of nitrogens with zero attached hydrogens (tertiary/aromatic N) is 4. The van der Waals surface area contributed by atoms with Crippen LogP contribution in [0.5, 0.6) is 0 Å². The number of fused-ring (bicyclic) bond motifs is 3. The van der Waals surface area contributed by atoms with Crippen LogP contribution in [-0.4, -0.2) is 27.6 Å². The summed E-state index contributed by atoms with van der Waals surface area (Å²) in [6.45, 7) is 0. The fraction of sp³-hybridized carbons (Fsp3) is 0. The molecule has 264 valence electrons. The van der Waals surface area contributed by atoms with E-state index in [4.69, 9.17) is 15.0 Å². The van der Waals surface area contributed by atoms with Crippen LogP contribution < -0.4 is 20.7 Å². The van der Waals surface area contributed by atoms with E-state index in [0.717, 1.165) is 44.1 Å². The van der Waals surface area contributed by atoms with Gasteiger partial charge in [0, 0.05) is 21.9 Å². The molecule has 0 saturated carbocycles. The second kappa shape index (κ2) is 14.2. The van der Waals surface area contributed by atoms with Crippen molar-refractivity contribution in [2.75, 3.05) is 0 Å². The van der Waals surface area contributed by atoms with Gasteiger partial charge in [0.1, 0.15) is 0 Å². The standard InChI is InChI=1S/C51H36N4Si/c1-5-20-37(21-6-1)43-30-13-14-33-46(43)50-52-49(53-51(54-50)55-47-34-17-15-31-44(47)45-32-16-18-35-48(45)55)38-22-19-29-42(36-38)56(39-23-7-2-8-24-39,40-25-9-3-10-26-40)41-27-11-4-12-28-41/h1-36H. The van der Waals surface area contributed by atoms with E-state index < -0.39 is 8.07 Å². The van der Waals surface area contributed by atoms with E-state index >= 15 is 0 Å². The van der Waals surface area contributed by atoms with Gasteiger partial charge in [0.15, 0.2) is 19.7 Å². The van der Waals surface area contributed by atoms with Crippen molar-refractivity contribution in [2.45, 2.75) is 0 Å². The lowest BCUT2D eigenvalue weighted by molar-refractivity contribution is 0.954. The van der Waals surface area contributed by atoms with E-state index in [9.17, 15) is 0 Å². The van der Waals surface area contributed by atoms with Crippen LogP contribution in [0.2, 0.25) is 0 Å². The molecule has 0 aliphatic heterocycles. The Bertz CT molecular complexity index is 2810. The van der Waals surface area contributed by atoms with Gasteiger partial charge >= 0.3 is 0 Å². The quantitative estimate of drug-likeness (QED) is 0.116. The van der Waals surface area contributed by atoms with Gasteiger partial charge in [0.25, 0.3) is 0 Å². The van der Waals surface area contributed by atoms with E-state index in [-0.39, 0.29) is 0 Å². The fourth-order valence-electron chi connectivity index (χ4n) is 8.36. The average Bonchev–Trinajstić information content (AvgIpc) is 3.63. The van der Waals surface area contributed by atoms with E-state index in [0.29, 0.717) is 17.6 Å². The molecule has 0 radical (unpaired) electrons. The number of hydrogen-bond donors (Lipinski definition) is 0. The summed E-state index contributed by atoms with van der Waals surface area (Å²) >= 11 is 0. The van der Waals surface area contributed by atoms with Crippen molar-refractivity contribution in [3.63, 3.8) is 0 Å². The highest BCUT2D eigenvalue weighted by atomic mass is 28.3. The lowest BCUT2D eigenvalue weighted by Gasteiger charge is -2.34. The van der Waals surface area contributed by atoms with Crippen LogP contribution in [0.4, 0.5) is 0 Å². The summed E-state index contributed by atoms with van der Waals surface area (Å²) in [5.41, 5.74) is 6.15. The Balaban J connectivity index is 1.26. The Morgan fingerprint density at radius 3 is 1.32 bits per heavy atom. The molecule has 4 nitrogen and oxygen atoms in total. The van der Waals surface area contributed by atoms with Crippen LogP contribution in [-0.2, 0) is 0 Å². The highest BCUT2D eigenvalue weighted by molar-refractivity contribution is 7.19. The van der Waals surface area contributed by atoms with Gasteiger partial charge in [0.05, 0.1) is 11.0 Å². The molecule has 10 aromatic rings. The Hall–Kier alpha value is -7.21. The minimum absolute atomic E-state index is 0.577. The van der Waals surface area contributed by atoms with Crippen LogP contribution in [0.15, 0.2) is 218 Å². The maximum atomic E-state index is 5.37. The normalized spacial score (nSPS) is 11.6. The first-order valence-electron chi connectivity index (χ1n) is 19.0. The van der Waals surface area contributed by atoms with Crippen molar-refractivity contribution in [3.05, 3.63) is 218 Å². The monoisotopic (exact) mass is 732 g/mol. The Labute approximate surface area is 327 Å². The molecule has 2 aromatic heterocycles. The van der Waals surface area contributed by atoms with Crippen molar-refractivity contribution in [1.82, 2.24) is 19.5 Å². The fourth-order valence-corrected chi connectivity index (χ4v) is 13.2. The summed E-state index contributed by atoms with van der Waals surface area (Å²) in [5, 5.41) is 7.50. The zero-order valence-corrected chi connectivity index (χ0v) is 31.6. The molecule has 56 heavy (non-hydrogen) atoms. The van der Waals surface area contributed by atoms with Gasteiger partial charge in [-0.1, -0.05) is 206 Å². The summed E-state index contributed by atoms with van der Waals surface area (Å²) in [6, 6.07) is 77.8. The maximum Gasteiger partial charge on any atom is 0.238 e. The molecule has 5 heteroatoms. The molecule has 0 N–H and O–H groups in total. The van der Waals surface area contributed by atoms with Gasteiger partial charge in [-0.25, -0.2) is 4.98 Å². The number of rotatable bonds is 8. The van der Waals surface area contributed by atoms with Crippen molar-refractivity contribution in [3.8, 4) is 39.9 Å². The van der Waals surface area contributed by atoms with Gasteiger partial charge in [0.2, 0.25) is 5.95 Å². The van der Waals surface area contributed by atoms with Gasteiger partial charge in [-0.05, 0) is 44.0 Å². The summed E-state index contributed by atoms with van der Waals surface area (Å²) in [7, 11) is -2.81. The van der Waals surface area contributed by atoms with Crippen molar-refractivity contribution in [2.24, 2.45) is 0 Å². The van der Waals surface area contributed by atoms with E-state index in [2.05, 4.69) is 217 Å². The SMILES string of the molecule is c1ccc(-c2ccccc2-c2nc(-c3cccc([Si](c4ccccc4)(c4ccccc4)c4ccccc4)c3)nc(-n3c4ccccc4c4ccccc43)n2)cc1. The van der Waals surface area contributed by atoms with Crippen LogP contribution in [0.25, 0.3) is 61.7 Å². The molecule has 0 bridgehead atoms. The molecule has 10 rings (SSSR count). The molecule has 0 spiro atoms. The lowest BCUT2D eigenvalue weighted by Crippen LogP contribution is -2.74. The summed E-state index contributed by atoms with van der Waals surface area (Å²) in [6.07, 6.45) is 0. The van der Waals surface area contributed by atoms with Crippen molar-refractivity contribution < 1.29 is 0 Å². The van der Waals surface area contributed by atoms with Gasteiger partial charge in [-0.3, -0.25) is 4.57 Å². The summed E-state index contributed by atoms with van der Waals surface area (Å²) in [5.74, 6) is 1.82. The molecular weight excluding hydrogens is 697 g/mol. The molecule has 0 aliphatic carbocycles. The van der Waals surface area contributed by atoms with Crippen molar-refractivity contribution in [1.29, 1.82) is 0 Å². The molecular formula is C51H36N4Si. The number of aromatic nitrogens is 4. The van der Waals surface area contributed by atoms with E-state index in [1.807, 2.05) is 6.07 Å². The van der Waals surface area contributed by atoms with E-state index in [1.54, 1.807) is 0 Å². The molecule has 0 aliphatic rings. The van der Waals surface area contributed by atoms with Crippen LogP contribution in [0.3, 0.4) is 0 Å². The third-order valence-corrected chi connectivity index (χ3v) is 15.6. The molecule has 0 saturated heterocycles. The topological polar surface area (TPSA) is 43.6 Å². The number of hydrogen-bond acceptors (Lipinski definition) is 3. The highest BCUT2D eigenvalue weighted by Gasteiger charge is 2.41. The second-order valence-corrected chi connectivity index (χ2v) is 17.8. The molecule has 0 fully saturated rings. The highest BCUT2D eigenvalue weighted by Crippen LogP contribution is 2.34. The Kier molecular flexibility index (Phi) is 8.47. The van der Waals surface area contributed by atoms with Gasteiger partial charge < -0.3 is 0 Å². The number of benzene rings is 8. The van der Waals surface area contributed by atoms with Crippen LogP contribution >= 0.6 is 0 Å². The first-order valence-corrected chi connectivity index (χ1v) is 21.0. The molecule has 0 amide bonds. The molecule has 2 heterocycles. The van der Waals surface area contributed by atoms with Gasteiger partial charge in [-0.2, -0.15) is 9.97 Å². The average molecular weight is 733 g/mol. The molecule has 0 unspecified atom stereocenters. The first kappa shape index (κ1) is 33.4. The zero-order valence-electron chi connectivity index (χ0n) is 30.6. The third-order valence-electron chi connectivity index (χ3n) is 10.8. The largest absolute Gasteiger partial charge is 0.278 e. The first-order chi connectivity index (χ1) is 27.8. The minimum atomic E-state index is -2.81. The Morgan fingerprint density at radius 2 is 0.750 bits per heavy atom. The number of para-hydroxylation sites is 2. The minimum Gasteiger partial charge on any atom is -0.278 e. The van der Waals surface area contributed by atoms with Crippen molar-refractivity contribution >= 4 is 50.6 Å². The molecule has 0 atom stereocenters.